The lowest BCUT2D eigenvalue weighted by atomic mass is 10.0. The smallest absolute Gasteiger partial charge is 0.339 e. The first-order valence-corrected chi connectivity index (χ1v) is 15.2. The van der Waals surface area contributed by atoms with Crippen molar-refractivity contribution in [3.05, 3.63) is 99.2 Å². The minimum Gasteiger partial charge on any atom is -0.496 e. The molecule has 1 N–H and O–H groups in total. The zero-order valence-corrected chi connectivity index (χ0v) is 26.4. The van der Waals surface area contributed by atoms with Gasteiger partial charge in [0, 0.05) is 57.3 Å². The number of carbonyl (C=O) groups is 2. The van der Waals surface area contributed by atoms with E-state index in [4.69, 9.17) is 42.1 Å². The van der Waals surface area contributed by atoms with Crippen molar-refractivity contribution in [1.29, 1.82) is 0 Å². The van der Waals surface area contributed by atoms with E-state index >= 15 is 0 Å². The number of aryl methyl sites for hydroxylation is 1. The first-order chi connectivity index (χ1) is 21.7. The monoisotopic (exact) mass is 650 g/mol. The summed E-state index contributed by atoms with van der Waals surface area (Å²) in [5.41, 5.74) is 3.41. The maximum atomic E-state index is 13.4. The van der Waals surface area contributed by atoms with Crippen LogP contribution in [0.1, 0.15) is 46.8 Å². The first kappa shape index (κ1) is 31.9. The molecule has 0 amide bonds. The Bertz CT molecular complexity index is 1770. The fourth-order valence-corrected chi connectivity index (χ4v) is 5.50. The molecule has 1 aliphatic rings. The number of fused-ring (bicyclic) bond motifs is 1. The number of carboxylic acids is 1. The van der Waals surface area contributed by atoms with Crippen LogP contribution in [-0.2, 0) is 30.8 Å². The van der Waals surface area contributed by atoms with E-state index in [2.05, 4.69) is 18.6 Å². The van der Waals surface area contributed by atoms with Crippen molar-refractivity contribution < 1.29 is 33.6 Å². The molecule has 4 aromatic rings. The van der Waals surface area contributed by atoms with Crippen LogP contribution in [-0.4, -0.2) is 40.5 Å². The standard InChI is InChI=1S/C34H32Cl2N2O7/c1-4-5-12-38-32(25-10-9-23(35)17-30(25)44-19-26-24(33(39)40)7-6-8-27(26)36)31(18-37-38)45-34(41)20(2)14-22-16-29-21(11-13-43-29)15-28(22)42-3/h6-10,15-18H,2,4-5,11-14,19H2,1,3H3,(H,39,40). The second kappa shape index (κ2) is 14.1. The Hall–Kier alpha value is -4.47. The second-order valence-electron chi connectivity index (χ2n) is 10.5. The highest BCUT2D eigenvalue weighted by molar-refractivity contribution is 6.32. The van der Waals surface area contributed by atoms with E-state index in [9.17, 15) is 14.7 Å². The lowest BCUT2D eigenvalue weighted by Crippen LogP contribution is -2.13. The number of benzene rings is 3. The van der Waals surface area contributed by atoms with Gasteiger partial charge in [0.05, 0.1) is 25.5 Å². The maximum absolute atomic E-state index is 13.4. The zero-order valence-electron chi connectivity index (χ0n) is 24.9. The van der Waals surface area contributed by atoms with E-state index in [1.54, 1.807) is 42.1 Å². The first-order valence-electron chi connectivity index (χ1n) is 14.4. The van der Waals surface area contributed by atoms with Crippen LogP contribution < -0.4 is 18.9 Å². The average Bonchev–Trinajstić information content (AvgIpc) is 3.65. The topological polar surface area (TPSA) is 109 Å². The molecular weight excluding hydrogens is 619 g/mol. The highest BCUT2D eigenvalue weighted by atomic mass is 35.5. The fraction of sp³-hybridized carbons (Fsp3) is 0.265. The molecule has 45 heavy (non-hydrogen) atoms. The number of hydrogen-bond acceptors (Lipinski definition) is 7. The molecule has 0 atom stereocenters. The quantitative estimate of drug-likeness (QED) is 0.116. The normalized spacial score (nSPS) is 11.9. The van der Waals surface area contributed by atoms with Crippen LogP contribution in [0.4, 0.5) is 0 Å². The van der Waals surface area contributed by atoms with E-state index in [1.165, 1.54) is 12.3 Å². The molecule has 0 aliphatic carbocycles. The van der Waals surface area contributed by atoms with Crippen molar-refractivity contribution in [3.63, 3.8) is 0 Å². The minimum absolute atomic E-state index is 0.0266. The van der Waals surface area contributed by atoms with Gasteiger partial charge in [-0.3, -0.25) is 4.68 Å². The Balaban J connectivity index is 1.44. The third kappa shape index (κ3) is 7.10. The van der Waals surface area contributed by atoms with E-state index in [-0.39, 0.29) is 34.9 Å². The van der Waals surface area contributed by atoms with Gasteiger partial charge in [-0.25, -0.2) is 9.59 Å². The average molecular weight is 652 g/mol. The number of nitrogens with zero attached hydrogens (tertiary/aromatic N) is 2. The lowest BCUT2D eigenvalue weighted by molar-refractivity contribution is -0.130. The number of carbonyl (C=O) groups excluding carboxylic acids is 1. The van der Waals surface area contributed by atoms with Crippen LogP contribution >= 0.6 is 23.2 Å². The molecule has 1 aromatic heterocycles. The van der Waals surface area contributed by atoms with Crippen LogP contribution in [0.15, 0.2) is 66.9 Å². The number of esters is 1. The molecule has 0 spiro atoms. The van der Waals surface area contributed by atoms with Gasteiger partial charge in [-0.05, 0) is 48.9 Å². The van der Waals surface area contributed by atoms with Gasteiger partial charge in [0.25, 0.3) is 0 Å². The Kier molecular flexibility index (Phi) is 10.0. The highest BCUT2D eigenvalue weighted by Crippen LogP contribution is 2.40. The molecular formula is C34H32Cl2N2O7. The summed E-state index contributed by atoms with van der Waals surface area (Å²) in [5, 5.41) is 14.8. The number of halogens is 2. The SMILES string of the molecule is C=C(Cc1cc2c(cc1OC)CCO2)C(=O)Oc1cnn(CCCC)c1-c1ccc(Cl)cc1OCc1c(Cl)cccc1C(=O)O. The molecule has 0 saturated carbocycles. The fourth-order valence-electron chi connectivity index (χ4n) is 5.11. The molecule has 11 heteroatoms. The lowest BCUT2D eigenvalue weighted by Gasteiger charge is -2.17. The molecule has 9 nitrogen and oxygen atoms in total. The van der Waals surface area contributed by atoms with Crippen molar-refractivity contribution in [1.82, 2.24) is 9.78 Å². The number of carboxylic acid groups (broad SMARTS) is 1. The largest absolute Gasteiger partial charge is 0.496 e. The summed E-state index contributed by atoms with van der Waals surface area (Å²) in [5.74, 6) is 0.198. The van der Waals surface area contributed by atoms with Gasteiger partial charge in [-0.1, -0.05) is 49.2 Å². The summed E-state index contributed by atoms with van der Waals surface area (Å²) in [6, 6.07) is 13.5. The van der Waals surface area contributed by atoms with Gasteiger partial charge in [0.15, 0.2) is 5.75 Å². The molecule has 1 aliphatic heterocycles. The summed E-state index contributed by atoms with van der Waals surface area (Å²) in [6.07, 6.45) is 4.20. The van der Waals surface area contributed by atoms with Gasteiger partial charge in [0.2, 0.25) is 0 Å². The maximum Gasteiger partial charge on any atom is 0.339 e. The molecule has 0 radical (unpaired) electrons. The highest BCUT2D eigenvalue weighted by Gasteiger charge is 2.24. The number of hydrogen-bond donors (Lipinski definition) is 1. The van der Waals surface area contributed by atoms with Crippen LogP contribution in [0.5, 0.6) is 23.0 Å². The van der Waals surface area contributed by atoms with E-state index < -0.39 is 11.9 Å². The third-order valence-corrected chi connectivity index (χ3v) is 8.03. The van der Waals surface area contributed by atoms with Gasteiger partial charge in [-0.2, -0.15) is 5.10 Å². The number of unbranched alkanes of at least 4 members (excludes halogenated alkanes) is 1. The predicted molar refractivity (Wildman–Crippen MR) is 171 cm³/mol. The van der Waals surface area contributed by atoms with Crippen molar-refractivity contribution in [3.8, 4) is 34.3 Å². The number of aromatic carboxylic acids is 1. The summed E-state index contributed by atoms with van der Waals surface area (Å²) in [4.78, 5) is 25.2. The molecule has 0 unspecified atom stereocenters. The number of aromatic nitrogens is 2. The minimum atomic E-state index is -1.13. The van der Waals surface area contributed by atoms with E-state index in [1.807, 2.05) is 12.1 Å². The number of methoxy groups -OCH3 is 1. The van der Waals surface area contributed by atoms with Gasteiger partial charge >= 0.3 is 11.9 Å². The number of ether oxygens (including phenoxy) is 4. The summed E-state index contributed by atoms with van der Waals surface area (Å²) in [6.45, 7) is 7.07. The van der Waals surface area contributed by atoms with Crippen LogP contribution in [0, 0.1) is 0 Å². The molecule has 3 aromatic carbocycles. The van der Waals surface area contributed by atoms with Crippen molar-refractivity contribution >= 4 is 35.1 Å². The molecule has 234 valence electrons. The number of rotatable bonds is 13. The summed E-state index contributed by atoms with van der Waals surface area (Å²) < 4.78 is 25.1. The van der Waals surface area contributed by atoms with Gasteiger partial charge in [0.1, 0.15) is 29.5 Å². The van der Waals surface area contributed by atoms with Gasteiger partial charge in [-0.15, -0.1) is 0 Å². The van der Waals surface area contributed by atoms with E-state index in [0.717, 1.165) is 36.1 Å². The molecule has 0 fully saturated rings. The zero-order chi connectivity index (χ0) is 32.1. The molecule has 0 saturated heterocycles. The van der Waals surface area contributed by atoms with Crippen LogP contribution in [0.3, 0.4) is 0 Å². The Morgan fingerprint density at radius 2 is 1.93 bits per heavy atom. The second-order valence-corrected chi connectivity index (χ2v) is 11.3. The Morgan fingerprint density at radius 3 is 2.69 bits per heavy atom. The van der Waals surface area contributed by atoms with Crippen molar-refractivity contribution in [2.24, 2.45) is 0 Å². The summed E-state index contributed by atoms with van der Waals surface area (Å²) >= 11 is 12.7. The van der Waals surface area contributed by atoms with Crippen molar-refractivity contribution in [2.45, 2.75) is 45.8 Å². The molecule has 0 bridgehead atoms. The Labute approximate surface area is 270 Å². The van der Waals surface area contributed by atoms with Crippen LogP contribution in [0.2, 0.25) is 10.0 Å². The molecule has 2 heterocycles. The predicted octanol–water partition coefficient (Wildman–Crippen LogP) is 7.58. The van der Waals surface area contributed by atoms with Crippen LogP contribution in [0.25, 0.3) is 11.3 Å². The third-order valence-electron chi connectivity index (χ3n) is 7.44. The van der Waals surface area contributed by atoms with Gasteiger partial charge < -0.3 is 24.1 Å². The van der Waals surface area contributed by atoms with E-state index in [0.29, 0.717) is 46.5 Å². The Morgan fingerprint density at radius 1 is 1.11 bits per heavy atom. The van der Waals surface area contributed by atoms with Crippen molar-refractivity contribution in [2.75, 3.05) is 13.7 Å². The molecule has 5 rings (SSSR count). The summed E-state index contributed by atoms with van der Waals surface area (Å²) in [7, 11) is 1.58.